The van der Waals surface area contributed by atoms with Crippen LogP contribution in [-0.4, -0.2) is 52.2 Å². The fourth-order valence-corrected chi connectivity index (χ4v) is 6.17. The number of hydrazine groups is 1. The highest BCUT2D eigenvalue weighted by Gasteiger charge is 2.33. The van der Waals surface area contributed by atoms with Gasteiger partial charge in [0.1, 0.15) is 13.2 Å². The molecule has 0 amide bonds. The van der Waals surface area contributed by atoms with Crippen LogP contribution in [-0.2, 0) is 13.5 Å². The fraction of sp³-hybridized carbons (Fsp3) is 0.355. The van der Waals surface area contributed by atoms with Crippen molar-refractivity contribution in [3.8, 4) is 11.5 Å². The van der Waals surface area contributed by atoms with E-state index in [0.29, 0.717) is 30.5 Å². The van der Waals surface area contributed by atoms with E-state index in [1.54, 1.807) is 9.58 Å². The molecule has 2 aliphatic heterocycles. The Morgan fingerprint density at radius 1 is 0.976 bits per heavy atom. The van der Waals surface area contributed by atoms with Crippen LogP contribution in [0.2, 0.25) is 0 Å². The fourth-order valence-electron chi connectivity index (χ4n) is 6.17. The van der Waals surface area contributed by atoms with Gasteiger partial charge >= 0.3 is 5.69 Å². The average molecular weight is 556 g/mol. The normalized spacial score (nSPS) is 17.1. The van der Waals surface area contributed by atoms with Crippen molar-refractivity contribution in [3.63, 3.8) is 0 Å². The molecule has 1 aromatic heterocycles. The molecule has 0 radical (unpaired) electrons. The third-order valence-electron chi connectivity index (χ3n) is 8.33. The van der Waals surface area contributed by atoms with Gasteiger partial charge < -0.3 is 15.3 Å². The second-order valence-electron chi connectivity index (χ2n) is 10.7. The third-order valence-corrected chi connectivity index (χ3v) is 8.33. The van der Waals surface area contributed by atoms with Crippen molar-refractivity contribution in [2.45, 2.75) is 37.8 Å². The van der Waals surface area contributed by atoms with Gasteiger partial charge in [0.15, 0.2) is 17.3 Å². The topological polar surface area (TPSA) is 116 Å². The van der Waals surface area contributed by atoms with Crippen molar-refractivity contribution in [1.29, 1.82) is 0 Å². The zero-order valence-corrected chi connectivity index (χ0v) is 23.4. The molecule has 0 saturated carbocycles. The highest BCUT2D eigenvalue weighted by atomic mass is 16.6. The number of rotatable bonds is 7. The summed E-state index contributed by atoms with van der Waals surface area (Å²) in [6, 6.07) is 24.0. The van der Waals surface area contributed by atoms with Crippen molar-refractivity contribution in [2.75, 3.05) is 31.3 Å². The Labute approximate surface area is 239 Å². The van der Waals surface area contributed by atoms with E-state index in [4.69, 9.17) is 21.2 Å². The standard InChI is InChI=1S/C31H37N7O3/c1-35-25-9-5-6-10-26(25)37(31(35)39)23-15-17-36(18-16-23)27(13-11-22-7-3-2-4-8-22)30(34-32)38(33)24-12-14-28-29(21-24)41-20-19-40-28/h2-10,12,14,21,23,27H,11,13,15-20,32-33H2,1H3/b34-30-. The lowest BCUT2D eigenvalue weighted by atomic mass is 9.98. The molecule has 1 saturated heterocycles. The SMILES string of the molecule is Cn1c(=O)n(C2CCN(C(CCc3ccccc3)/C(=N/N)N(N)c3ccc4c(c3)OCCO4)CC2)c2ccccc21. The van der Waals surface area contributed by atoms with E-state index in [0.717, 1.165) is 55.5 Å². The Balaban J connectivity index is 1.25. The number of anilines is 1. The number of amidine groups is 1. The van der Waals surface area contributed by atoms with E-state index < -0.39 is 0 Å². The minimum Gasteiger partial charge on any atom is -0.486 e. The van der Waals surface area contributed by atoms with Crippen LogP contribution in [0.3, 0.4) is 0 Å². The summed E-state index contributed by atoms with van der Waals surface area (Å²) in [6.45, 7) is 2.59. The second kappa shape index (κ2) is 11.7. The van der Waals surface area contributed by atoms with Crippen molar-refractivity contribution in [1.82, 2.24) is 14.0 Å². The Morgan fingerprint density at radius 3 is 2.39 bits per heavy atom. The summed E-state index contributed by atoms with van der Waals surface area (Å²) in [4.78, 5) is 15.6. The average Bonchev–Trinajstić information content (AvgIpc) is 3.28. The van der Waals surface area contributed by atoms with Crippen LogP contribution in [0.1, 0.15) is 30.9 Å². The Bertz CT molecular complexity index is 1590. The number of imidazole rings is 1. The van der Waals surface area contributed by atoms with E-state index in [2.05, 4.69) is 34.3 Å². The van der Waals surface area contributed by atoms with Crippen molar-refractivity contribution in [3.05, 3.63) is 88.8 Å². The second-order valence-corrected chi connectivity index (χ2v) is 10.7. The third kappa shape index (κ3) is 5.28. The number of piperidine rings is 1. The lowest BCUT2D eigenvalue weighted by molar-refractivity contribution is 0.159. The van der Waals surface area contributed by atoms with Gasteiger partial charge in [-0.25, -0.2) is 10.6 Å². The minimum absolute atomic E-state index is 0.0289. The van der Waals surface area contributed by atoms with Crippen molar-refractivity contribution in [2.24, 2.45) is 23.8 Å². The predicted molar refractivity (Wildman–Crippen MR) is 161 cm³/mol. The summed E-state index contributed by atoms with van der Waals surface area (Å²) < 4.78 is 15.2. The van der Waals surface area contributed by atoms with E-state index in [1.165, 1.54) is 5.56 Å². The molecule has 1 fully saturated rings. The first-order valence-corrected chi connectivity index (χ1v) is 14.2. The number of ether oxygens (including phenoxy) is 2. The monoisotopic (exact) mass is 555 g/mol. The lowest BCUT2D eigenvalue weighted by Crippen LogP contribution is -2.54. The Kier molecular flexibility index (Phi) is 7.67. The van der Waals surface area contributed by atoms with Crippen LogP contribution >= 0.6 is 0 Å². The molecular weight excluding hydrogens is 518 g/mol. The largest absolute Gasteiger partial charge is 0.486 e. The van der Waals surface area contributed by atoms with E-state index >= 15 is 0 Å². The molecule has 3 heterocycles. The molecule has 10 heteroatoms. The quantitative estimate of drug-likeness (QED) is 0.155. The number of hydrazone groups is 1. The first kappa shape index (κ1) is 26.9. The van der Waals surface area contributed by atoms with E-state index in [9.17, 15) is 4.79 Å². The van der Waals surface area contributed by atoms with Gasteiger partial charge in [-0.05, 0) is 55.5 Å². The molecule has 10 nitrogen and oxygen atoms in total. The molecule has 0 bridgehead atoms. The summed E-state index contributed by atoms with van der Waals surface area (Å²) in [7, 11) is 1.84. The molecular formula is C31H37N7O3. The molecule has 1 unspecified atom stereocenters. The molecule has 4 aromatic rings. The number of hydrogen-bond acceptors (Lipinski definition) is 7. The predicted octanol–water partition coefficient (Wildman–Crippen LogP) is 3.40. The zero-order chi connectivity index (χ0) is 28.3. The Morgan fingerprint density at radius 2 is 1.66 bits per heavy atom. The highest BCUT2D eigenvalue weighted by Crippen LogP contribution is 2.34. The van der Waals surface area contributed by atoms with Crippen LogP contribution < -0.4 is 31.9 Å². The molecule has 4 N–H and O–H groups in total. The van der Waals surface area contributed by atoms with Gasteiger partial charge in [0, 0.05) is 32.2 Å². The van der Waals surface area contributed by atoms with E-state index in [-0.39, 0.29) is 17.8 Å². The van der Waals surface area contributed by atoms with Crippen LogP contribution in [0.25, 0.3) is 11.0 Å². The molecule has 3 aromatic carbocycles. The summed E-state index contributed by atoms with van der Waals surface area (Å²) in [5.74, 6) is 14.7. The van der Waals surface area contributed by atoms with Gasteiger partial charge in [-0.15, -0.1) is 0 Å². The van der Waals surface area contributed by atoms with Gasteiger partial charge in [-0.2, -0.15) is 5.10 Å². The molecule has 6 rings (SSSR count). The van der Waals surface area contributed by atoms with Crippen LogP contribution in [0.15, 0.2) is 82.7 Å². The summed E-state index contributed by atoms with van der Waals surface area (Å²) in [5.41, 5.74) is 3.93. The van der Waals surface area contributed by atoms with Gasteiger partial charge in [0.05, 0.1) is 22.8 Å². The van der Waals surface area contributed by atoms with Crippen LogP contribution in [0, 0.1) is 0 Å². The number of benzene rings is 3. The number of aromatic nitrogens is 2. The van der Waals surface area contributed by atoms with Gasteiger partial charge in [-0.3, -0.25) is 19.0 Å². The van der Waals surface area contributed by atoms with Crippen molar-refractivity contribution < 1.29 is 9.47 Å². The minimum atomic E-state index is -0.122. The van der Waals surface area contributed by atoms with Gasteiger partial charge in [0.25, 0.3) is 0 Å². The number of para-hydroxylation sites is 2. The maximum Gasteiger partial charge on any atom is 0.329 e. The lowest BCUT2D eigenvalue weighted by Gasteiger charge is -2.40. The number of nitrogens with two attached hydrogens (primary N) is 2. The number of likely N-dealkylation sites (tertiary alicyclic amines) is 1. The summed E-state index contributed by atoms with van der Waals surface area (Å²) in [5, 5.41) is 5.81. The molecule has 41 heavy (non-hydrogen) atoms. The number of nitrogens with zero attached hydrogens (tertiary/aromatic N) is 5. The maximum absolute atomic E-state index is 13.2. The smallest absolute Gasteiger partial charge is 0.329 e. The van der Waals surface area contributed by atoms with Crippen LogP contribution in [0.4, 0.5) is 5.69 Å². The molecule has 2 aliphatic rings. The van der Waals surface area contributed by atoms with Crippen LogP contribution in [0.5, 0.6) is 11.5 Å². The Hall–Kier alpha value is -4.28. The summed E-state index contributed by atoms with van der Waals surface area (Å²) in [6.07, 6.45) is 3.31. The first-order valence-electron chi connectivity index (χ1n) is 14.2. The number of fused-ring (bicyclic) bond motifs is 2. The number of hydrogen-bond donors (Lipinski definition) is 2. The van der Waals surface area contributed by atoms with Gasteiger partial charge in [0.2, 0.25) is 0 Å². The highest BCUT2D eigenvalue weighted by molar-refractivity contribution is 6.00. The van der Waals surface area contributed by atoms with Crippen molar-refractivity contribution >= 4 is 22.6 Å². The zero-order valence-electron chi connectivity index (χ0n) is 23.4. The summed E-state index contributed by atoms with van der Waals surface area (Å²) >= 11 is 0. The van der Waals surface area contributed by atoms with E-state index in [1.807, 2.05) is 60.1 Å². The van der Waals surface area contributed by atoms with Gasteiger partial charge in [-0.1, -0.05) is 42.5 Å². The molecule has 0 spiro atoms. The first-order chi connectivity index (χ1) is 20.0. The maximum atomic E-state index is 13.2. The molecule has 1 atom stereocenters. The molecule has 0 aliphatic carbocycles. The molecule has 214 valence electrons. The number of aryl methyl sites for hydroxylation is 2.